The molecule has 1 saturated carbocycles. The summed E-state index contributed by atoms with van der Waals surface area (Å²) >= 11 is 0. The highest BCUT2D eigenvalue weighted by Crippen LogP contribution is 2.43. The number of hydrogen-bond donors (Lipinski definition) is 1. The molecular weight excluding hydrogens is 455 g/mol. The van der Waals surface area contributed by atoms with Gasteiger partial charge in [-0.15, -0.1) is 0 Å². The van der Waals surface area contributed by atoms with Crippen molar-refractivity contribution in [1.29, 1.82) is 0 Å². The van der Waals surface area contributed by atoms with Crippen LogP contribution in [0.25, 0.3) is 10.8 Å². The molecule has 1 aliphatic carbocycles. The summed E-state index contributed by atoms with van der Waals surface area (Å²) in [5.41, 5.74) is 0.198. The lowest BCUT2D eigenvalue weighted by Gasteiger charge is -2.37. The second-order valence-electron chi connectivity index (χ2n) is 10.9. The van der Waals surface area contributed by atoms with E-state index in [2.05, 4.69) is 11.8 Å². The molecule has 2 saturated heterocycles. The van der Waals surface area contributed by atoms with E-state index in [0.717, 1.165) is 50.6 Å². The molecule has 0 spiro atoms. The molecule has 2 aromatic rings. The van der Waals surface area contributed by atoms with E-state index >= 15 is 0 Å². The Balaban J connectivity index is 1.36. The Morgan fingerprint density at radius 3 is 2.31 bits per heavy atom. The first kappa shape index (κ1) is 24.4. The van der Waals surface area contributed by atoms with Crippen LogP contribution in [0.3, 0.4) is 0 Å². The van der Waals surface area contributed by atoms with Crippen molar-refractivity contribution in [2.24, 2.45) is 11.8 Å². The van der Waals surface area contributed by atoms with Crippen LogP contribution < -0.4 is 4.74 Å². The van der Waals surface area contributed by atoms with Crippen LogP contribution in [0.1, 0.15) is 69.4 Å². The zero-order valence-corrected chi connectivity index (χ0v) is 20.2. The standard InChI is InChI=1S/C28H34F3NO3/c1-17-2-9-23(10-3-17)35-25-11-6-19-5-4-18(14-24(19)26(25)28(29,30)31)12-13-32-21-7-8-22(32)16-20(15-21)27(33)34/h4-6,11,14,17,20-23H,2-3,7-10,12-13,15-16H2,1H3,(H,33,34). The van der Waals surface area contributed by atoms with E-state index in [9.17, 15) is 23.1 Å². The van der Waals surface area contributed by atoms with E-state index in [1.54, 1.807) is 18.2 Å². The fourth-order valence-electron chi connectivity index (χ4n) is 6.52. The number of aliphatic carboxylic acids is 1. The first-order valence-corrected chi connectivity index (χ1v) is 13.0. The monoisotopic (exact) mass is 489 g/mol. The van der Waals surface area contributed by atoms with Crippen LogP contribution in [0.4, 0.5) is 13.2 Å². The number of fused-ring (bicyclic) bond motifs is 3. The van der Waals surface area contributed by atoms with Crippen molar-refractivity contribution in [3.05, 3.63) is 41.5 Å². The number of hydrogen-bond acceptors (Lipinski definition) is 3. The molecular formula is C28H34F3NO3. The third-order valence-electron chi connectivity index (χ3n) is 8.48. The van der Waals surface area contributed by atoms with Gasteiger partial charge in [0.1, 0.15) is 11.3 Å². The zero-order chi connectivity index (χ0) is 24.7. The SMILES string of the molecule is CC1CCC(Oc2ccc3ccc(CCN4C5CCC4CC(C(=O)O)C5)cc3c2C(F)(F)F)CC1. The van der Waals surface area contributed by atoms with Gasteiger partial charge in [0.05, 0.1) is 12.0 Å². The molecule has 0 amide bonds. The number of piperidine rings is 1. The summed E-state index contributed by atoms with van der Waals surface area (Å²) in [7, 11) is 0. The third-order valence-corrected chi connectivity index (χ3v) is 8.48. The van der Waals surface area contributed by atoms with E-state index in [1.807, 2.05) is 6.07 Å². The van der Waals surface area contributed by atoms with E-state index in [0.29, 0.717) is 30.6 Å². The second kappa shape index (κ2) is 9.64. The Hall–Kier alpha value is -2.28. The number of carboxylic acids is 1. The molecule has 4 nitrogen and oxygen atoms in total. The molecule has 7 heteroatoms. The summed E-state index contributed by atoms with van der Waals surface area (Å²) in [6.45, 7) is 2.92. The number of alkyl halides is 3. The van der Waals surface area contributed by atoms with Gasteiger partial charge in [0, 0.05) is 18.6 Å². The highest BCUT2D eigenvalue weighted by molar-refractivity contribution is 5.89. The highest BCUT2D eigenvalue weighted by Gasteiger charge is 2.42. The van der Waals surface area contributed by atoms with Crippen LogP contribution in [-0.4, -0.2) is 40.7 Å². The summed E-state index contributed by atoms with van der Waals surface area (Å²) in [5, 5.41) is 10.2. The highest BCUT2D eigenvalue weighted by atomic mass is 19.4. The van der Waals surface area contributed by atoms with Crippen LogP contribution in [0.5, 0.6) is 5.75 Å². The predicted molar refractivity (Wildman–Crippen MR) is 129 cm³/mol. The Morgan fingerprint density at radius 1 is 1.03 bits per heavy atom. The molecule has 2 aromatic carbocycles. The Kier molecular flexibility index (Phi) is 6.73. The number of rotatable bonds is 6. The van der Waals surface area contributed by atoms with Gasteiger partial charge in [-0.1, -0.05) is 31.2 Å². The van der Waals surface area contributed by atoms with Crippen molar-refractivity contribution in [3.8, 4) is 5.75 Å². The Bertz CT molecular complexity index is 1060. The predicted octanol–water partition coefficient (Wildman–Crippen LogP) is 6.69. The van der Waals surface area contributed by atoms with Gasteiger partial charge in [-0.3, -0.25) is 9.69 Å². The van der Waals surface area contributed by atoms with Gasteiger partial charge in [0.2, 0.25) is 0 Å². The molecule has 190 valence electrons. The van der Waals surface area contributed by atoms with Crippen LogP contribution >= 0.6 is 0 Å². The van der Waals surface area contributed by atoms with Gasteiger partial charge in [0.25, 0.3) is 0 Å². The summed E-state index contributed by atoms with van der Waals surface area (Å²) in [4.78, 5) is 13.8. The first-order chi connectivity index (χ1) is 16.7. The number of halogens is 3. The molecule has 2 bridgehead atoms. The number of ether oxygens (including phenoxy) is 1. The summed E-state index contributed by atoms with van der Waals surface area (Å²) in [5.74, 6) is -0.446. The largest absolute Gasteiger partial charge is 0.490 e. The average Bonchev–Trinajstić information content (AvgIpc) is 3.04. The molecule has 0 aromatic heterocycles. The van der Waals surface area contributed by atoms with Crippen molar-refractivity contribution >= 4 is 16.7 Å². The fourth-order valence-corrected chi connectivity index (χ4v) is 6.52. The maximum Gasteiger partial charge on any atom is 0.420 e. The van der Waals surface area contributed by atoms with Gasteiger partial charge in [-0.2, -0.15) is 13.2 Å². The lowest BCUT2D eigenvalue weighted by Crippen LogP contribution is -2.45. The minimum atomic E-state index is -4.51. The van der Waals surface area contributed by atoms with Crippen LogP contribution in [0, 0.1) is 11.8 Å². The van der Waals surface area contributed by atoms with Crippen molar-refractivity contribution < 1.29 is 27.8 Å². The Labute approximate surface area is 204 Å². The molecule has 2 atom stereocenters. The first-order valence-electron chi connectivity index (χ1n) is 13.0. The lowest BCUT2D eigenvalue weighted by molar-refractivity contribution is -0.144. The fraction of sp³-hybridized carbons (Fsp3) is 0.607. The minimum Gasteiger partial charge on any atom is -0.490 e. The van der Waals surface area contributed by atoms with E-state index < -0.39 is 17.7 Å². The van der Waals surface area contributed by atoms with Crippen LogP contribution in [0.2, 0.25) is 0 Å². The van der Waals surface area contributed by atoms with Gasteiger partial charge < -0.3 is 9.84 Å². The smallest absolute Gasteiger partial charge is 0.420 e. The van der Waals surface area contributed by atoms with Crippen LogP contribution in [0.15, 0.2) is 30.3 Å². The summed E-state index contributed by atoms with van der Waals surface area (Å²) < 4.78 is 48.8. The molecule has 0 radical (unpaired) electrons. The Morgan fingerprint density at radius 2 is 1.69 bits per heavy atom. The second-order valence-corrected chi connectivity index (χ2v) is 10.9. The number of carboxylic acid groups (broad SMARTS) is 1. The molecule has 1 N–H and O–H groups in total. The molecule has 2 unspecified atom stereocenters. The number of nitrogens with zero attached hydrogens (tertiary/aromatic N) is 1. The maximum atomic E-state index is 14.3. The van der Waals surface area contributed by atoms with Crippen molar-refractivity contribution in [1.82, 2.24) is 4.90 Å². The number of carbonyl (C=O) groups is 1. The lowest BCUT2D eigenvalue weighted by atomic mass is 9.89. The van der Waals surface area contributed by atoms with Gasteiger partial charge >= 0.3 is 12.1 Å². The zero-order valence-electron chi connectivity index (χ0n) is 20.2. The average molecular weight is 490 g/mol. The van der Waals surface area contributed by atoms with Gasteiger partial charge in [-0.25, -0.2) is 0 Å². The minimum absolute atomic E-state index is 0.0597. The molecule has 35 heavy (non-hydrogen) atoms. The molecule has 2 aliphatic heterocycles. The van der Waals surface area contributed by atoms with Crippen molar-refractivity contribution in [2.45, 2.75) is 89.1 Å². The number of benzene rings is 2. The molecule has 5 rings (SSSR count). The normalized spacial score (nSPS) is 29.4. The molecule has 2 heterocycles. The topological polar surface area (TPSA) is 49.8 Å². The molecule has 3 aliphatic rings. The van der Waals surface area contributed by atoms with Crippen molar-refractivity contribution in [3.63, 3.8) is 0 Å². The van der Waals surface area contributed by atoms with E-state index in [1.165, 1.54) is 6.07 Å². The third kappa shape index (κ3) is 5.16. The maximum absolute atomic E-state index is 14.3. The van der Waals surface area contributed by atoms with E-state index in [-0.39, 0.29) is 35.2 Å². The molecule has 3 fully saturated rings. The van der Waals surface area contributed by atoms with E-state index in [4.69, 9.17) is 4.74 Å². The summed E-state index contributed by atoms with van der Waals surface area (Å²) in [6.07, 6.45) is 2.86. The van der Waals surface area contributed by atoms with Gasteiger partial charge in [-0.05, 0) is 86.1 Å². The van der Waals surface area contributed by atoms with Gasteiger partial charge in [0.15, 0.2) is 0 Å². The summed E-state index contributed by atoms with van der Waals surface area (Å²) in [6, 6.07) is 9.10. The van der Waals surface area contributed by atoms with Crippen LogP contribution in [-0.2, 0) is 17.4 Å². The quantitative estimate of drug-likeness (QED) is 0.491. The van der Waals surface area contributed by atoms with Crippen molar-refractivity contribution in [2.75, 3.05) is 6.54 Å².